The lowest BCUT2D eigenvalue weighted by molar-refractivity contribution is 0.102. The van der Waals surface area contributed by atoms with E-state index in [2.05, 4.69) is 32.3 Å². The molecule has 4 nitrogen and oxygen atoms in total. The predicted molar refractivity (Wildman–Crippen MR) is 85.0 cm³/mol. The van der Waals surface area contributed by atoms with E-state index in [-0.39, 0.29) is 5.91 Å². The number of aromatic nitrogens is 1. The van der Waals surface area contributed by atoms with Crippen molar-refractivity contribution in [2.45, 2.75) is 19.3 Å². The summed E-state index contributed by atoms with van der Waals surface area (Å²) in [6.07, 6.45) is 1.51. The molecule has 0 aliphatic rings. The Balaban J connectivity index is 2.12. The molecule has 0 saturated heterocycles. The Labute approximate surface area is 132 Å². The van der Waals surface area contributed by atoms with Crippen LogP contribution in [0.3, 0.4) is 0 Å². The Kier molecular flexibility index (Phi) is 4.39. The zero-order chi connectivity index (χ0) is 15.5. The van der Waals surface area contributed by atoms with Crippen molar-refractivity contribution in [3.05, 3.63) is 58.3 Å². The summed E-state index contributed by atoms with van der Waals surface area (Å²) in [6.45, 7) is 3.71. The van der Waals surface area contributed by atoms with Crippen molar-refractivity contribution in [3.8, 4) is 6.07 Å². The van der Waals surface area contributed by atoms with E-state index < -0.39 is 5.41 Å². The lowest BCUT2D eigenvalue weighted by Crippen LogP contribution is -2.15. The average molecular weight is 344 g/mol. The molecule has 0 bridgehead atoms. The van der Waals surface area contributed by atoms with Gasteiger partial charge in [0.2, 0.25) is 0 Å². The number of carbonyl (C=O) groups excluding carboxylic acids is 1. The number of hydrogen-bond acceptors (Lipinski definition) is 3. The zero-order valence-corrected chi connectivity index (χ0v) is 13.3. The van der Waals surface area contributed by atoms with Gasteiger partial charge in [-0.15, -0.1) is 0 Å². The van der Waals surface area contributed by atoms with Crippen molar-refractivity contribution in [2.24, 2.45) is 0 Å². The van der Waals surface area contributed by atoms with E-state index in [1.807, 2.05) is 26.0 Å². The number of carbonyl (C=O) groups is 1. The van der Waals surface area contributed by atoms with Crippen LogP contribution in [0.15, 0.2) is 47.2 Å². The molecule has 2 aromatic rings. The van der Waals surface area contributed by atoms with Crippen LogP contribution in [0.4, 0.5) is 5.69 Å². The van der Waals surface area contributed by atoms with Gasteiger partial charge in [-0.3, -0.25) is 4.79 Å². The van der Waals surface area contributed by atoms with Crippen molar-refractivity contribution >= 4 is 27.5 Å². The lowest BCUT2D eigenvalue weighted by Gasteiger charge is -2.16. The molecule has 0 spiro atoms. The molecule has 0 radical (unpaired) electrons. The van der Waals surface area contributed by atoms with Crippen LogP contribution < -0.4 is 5.32 Å². The second-order valence-corrected chi connectivity index (χ2v) is 5.95. The van der Waals surface area contributed by atoms with Crippen molar-refractivity contribution in [2.75, 3.05) is 5.32 Å². The molecule has 0 atom stereocenters. The van der Waals surface area contributed by atoms with Gasteiger partial charge in [0.1, 0.15) is 4.60 Å². The first-order valence-corrected chi connectivity index (χ1v) is 7.16. The molecule has 21 heavy (non-hydrogen) atoms. The van der Waals surface area contributed by atoms with Crippen LogP contribution in [-0.4, -0.2) is 10.9 Å². The number of nitriles is 1. The molecule has 0 unspecified atom stereocenters. The average Bonchev–Trinajstić information content (AvgIpc) is 2.48. The third kappa shape index (κ3) is 3.67. The van der Waals surface area contributed by atoms with Crippen LogP contribution in [0.25, 0.3) is 0 Å². The quantitative estimate of drug-likeness (QED) is 0.859. The summed E-state index contributed by atoms with van der Waals surface area (Å²) in [6, 6.07) is 12.9. The standard InChI is InChI=1S/C16H14BrN3O/c1-16(2,10-18)12-4-6-13(7-5-12)20-15(21)11-3-8-14(17)19-9-11/h3-9H,1-2H3,(H,20,21). The minimum absolute atomic E-state index is 0.220. The lowest BCUT2D eigenvalue weighted by atomic mass is 9.86. The molecule has 0 fully saturated rings. The third-order valence-electron chi connectivity index (χ3n) is 3.13. The maximum absolute atomic E-state index is 12.0. The van der Waals surface area contributed by atoms with Gasteiger partial charge in [-0.1, -0.05) is 12.1 Å². The van der Waals surface area contributed by atoms with E-state index >= 15 is 0 Å². The van der Waals surface area contributed by atoms with Gasteiger partial charge in [0.15, 0.2) is 0 Å². The number of nitrogens with zero attached hydrogens (tertiary/aromatic N) is 2. The Bertz CT molecular complexity index is 685. The van der Waals surface area contributed by atoms with Gasteiger partial charge in [-0.2, -0.15) is 5.26 Å². The largest absolute Gasteiger partial charge is 0.322 e. The maximum Gasteiger partial charge on any atom is 0.257 e. The van der Waals surface area contributed by atoms with Gasteiger partial charge in [-0.25, -0.2) is 4.98 Å². The Morgan fingerprint density at radius 3 is 2.43 bits per heavy atom. The van der Waals surface area contributed by atoms with Crippen LogP contribution in [-0.2, 0) is 5.41 Å². The minimum atomic E-state index is -0.543. The molecular formula is C16H14BrN3O. The zero-order valence-electron chi connectivity index (χ0n) is 11.7. The molecule has 1 aromatic carbocycles. The monoisotopic (exact) mass is 343 g/mol. The summed E-state index contributed by atoms with van der Waals surface area (Å²) in [4.78, 5) is 16.1. The Hall–Kier alpha value is -2.19. The summed E-state index contributed by atoms with van der Waals surface area (Å²) >= 11 is 3.23. The Morgan fingerprint density at radius 2 is 1.90 bits per heavy atom. The highest BCUT2D eigenvalue weighted by molar-refractivity contribution is 9.10. The third-order valence-corrected chi connectivity index (χ3v) is 3.60. The second kappa shape index (κ2) is 6.06. The molecule has 5 heteroatoms. The fraction of sp³-hybridized carbons (Fsp3) is 0.188. The van der Waals surface area contributed by atoms with Crippen molar-refractivity contribution < 1.29 is 4.79 Å². The number of pyridine rings is 1. The number of anilines is 1. The van der Waals surface area contributed by atoms with Crippen LogP contribution in [0.5, 0.6) is 0 Å². The minimum Gasteiger partial charge on any atom is -0.322 e. The highest BCUT2D eigenvalue weighted by atomic mass is 79.9. The summed E-state index contributed by atoms with van der Waals surface area (Å²) in [5.74, 6) is -0.220. The topological polar surface area (TPSA) is 65.8 Å². The molecule has 1 N–H and O–H groups in total. The van der Waals surface area contributed by atoms with Gasteiger partial charge in [0.25, 0.3) is 5.91 Å². The van der Waals surface area contributed by atoms with Crippen LogP contribution in [0, 0.1) is 11.3 Å². The summed E-state index contributed by atoms with van der Waals surface area (Å²) in [5.41, 5.74) is 1.53. The summed E-state index contributed by atoms with van der Waals surface area (Å²) in [7, 11) is 0. The Morgan fingerprint density at radius 1 is 1.24 bits per heavy atom. The summed E-state index contributed by atoms with van der Waals surface area (Å²) < 4.78 is 0.683. The van der Waals surface area contributed by atoms with Crippen LogP contribution in [0.2, 0.25) is 0 Å². The van der Waals surface area contributed by atoms with E-state index in [4.69, 9.17) is 5.26 Å². The highest BCUT2D eigenvalue weighted by Gasteiger charge is 2.19. The smallest absolute Gasteiger partial charge is 0.257 e. The van der Waals surface area contributed by atoms with Crippen molar-refractivity contribution in [1.29, 1.82) is 5.26 Å². The number of hydrogen-bond donors (Lipinski definition) is 1. The van der Waals surface area contributed by atoms with Gasteiger partial charge >= 0.3 is 0 Å². The van der Waals surface area contributed by atoms with Crippen molar-refractivity contribution in [3.63, 3.8) is 0 Å². The first kappa shape index (κ1) is 15.2. The molecule has 1 aromatic heterocycles. The fourth-order valence-electron chi connectivity index (χ4n) is 1.75. The normalized spacial score (nSPS) is 10.8. The summed E-state index contributed by atoms with van der Waals surface area (Å²) in [5, 5.41) is 11.9. The van der Waals surface area contributed by atoms with Gasteiger partial charge in [-0.05, 0) is 59.6 Å². The fourth-order valence-corrected chi connectivity index (χ4v) is 1.98. The highest BCUT2D eigenvalue weighted by Crippen LogP contribution is 2.23. The second-order valence-electron chi connectivity index (χ2n) is 5.14. The molecule has 1 amide bonds. The van der Waals surface area contributed by atoms with E-state index in [0.717, 1.165) is 5.56 Å². The van der Waals surface area contributed by atoms with Gasteiger partial charge in [0.05, 0.1) is 17.0 Å². The number of halogens is 1. The molecule has 0 aliphatic heterocycles. The van der Waals surface area contributed by atoms with Crippen molar-refractivity contribution in [1.82, 2.24) is 4.98 Å². The van der Waals surface area contributed by atoms with Crippen LogP contribution >= 0.6 is 15.9 Å². The molecule has 0 saturated carbocycles. The number of nitrogens with one attached hydrogen (secondary N) is 1. The first-order valence-electron chi connectivity index (χ1n) is 6.37. The van der Waals surface area contributed by atoms with E-state index in [1.54, 1.807) is 24.3 Å². The van der Waals surface area contributed by atoms with Gasteiger partial charge < -0.3 is 5.32 Å². The van der Waals surface area contributed by atoms with E-state index in [0.29, 0.717) is 15.9 Å². The predicted octanol–water partition coefficient (Wildman–Crippen LogP) is 3.90. The number of rotatable bonds is 3. The van der Waals surface area contributed by atoms with Gasteiger partial charge in [0, 0.05) is 11.9 Å². The SMILES string of the molecule is CC(C)(C#N)c1ccc(NC(=O)c2ccc(Br)nc2)cc1. The molecule has 106 valence electrons. The maximum atomic E-state index is 12.0. The number of amides is 1. The van der Waals surface area contributed by atoms with E-state index in [1.165, 1.54) is 6.20 Å². The van der Waals surface area contributed by atoms with Crippen LogP contribution in [0.1, 0.15) is 29.8 Å². The first-order chi connectivity index (χ1) is 9.92. The molecule has 0 aliphatic carbocycles. The molecule has 1 heterocycles. The molecule has 2 rings (SSSR count). The molecular weight excluding hydrogens is 330 g/mol. The number of benzene rings is 1. The van der Waals surface area contributed by atoms with E-state index in [9.17, 15) is 4.79 Å².